The Morgan fingerprint density at radius 1 is 0.267 bits per heavy atom. The van der Waals surface area contributed by atoms with Gasteiger partial charge in [-0.3, -0.25) is 14.4 Å². The van der Waals surface area contributed by atoms with E-state index in [1.807, 2.05) is 6.08 Å². The number of carbonyl (C=O) groups excluding carboxylic acids is 3. The molecule has 0 N–H and O–H groups in total. The van der Waals surface area contributed by atoms with Gasteiger partial charge in [-0.1, -0.05) is 259 Å². The Kier molecular flexibility index (Phi) is 59.3. The summed E-state index contributed by atoms with van der Waals surface area (Å²) in [4.78, 5) is 38.3. The quantitative estimate of drug-likeness (QED) is 0.0261. The van der Waals surface area contributed by atoms with Gasteiger partial charge in [0.2, 0.25) is 0 Å². The van der Waals surface area contributed by atoms with Crippen molar-refractivity contribution in [3.8, 4) is 0 Å². The highest BCUT2D eigenvalue weighted by molar-refractivity contribution is 5.71. The molecular weight excluding hydrogens is 925 g/mol. The number of allylic oxidation sites excluding steroid dienone is 18. The van der Waals surface area contributed by atoms with Gasteiger partial charge in [0.25, 0.3) is 0 Å². The summed E-state index contributed by atoms with van der Waals surface area (Å²) >= 11 is 0. The summed E-state index contributed by atoms with van der Waals surface area (Å²) in [5, 5.41) is 0. The van der Waals surface area contributed by atoms with Gasteiger partial charge in [0.15, 0.2) is 6.10 Å². The molecule has 0 heterocycles. The average molecular weight is 1040 g/mol. The van der Waals surface area contributed by atoms with Crippen LogP contribution in [0.4, 0.5) is 0 Å². The van der Waals surface area contributed by atoms with E-state index in [0.717, 1.165) is 89.9 Å². The zero-order valence-corrected chi connectivity index (χ0v) is 49.0. The van der Waals surface area contributed by atoms with E-state index < -0.39 is 12.1 Å². The molecule has 0 unspecified atom stereocenters. The number of unbranched alkanes of at least 4 members (excludes halogenated alkanes) is 27. The van der Waals surface area contributed by atoms with Crippen LogP contribution in [0.2, 0.25) is 0 Å². The summed E-state index contributed by atoms with van der Waals surface area (Å²) in [6.45, 7) is 6.52. The maximum atomic E-state index is 12.9. The van der Waals surface area contributed by atoms with Crippen LogP contribution in [0.15, 0.2) is 109 Å². The van der Waals surface area contributed by atoms with Crippen molar-refractivity contribution in [1.82, 2.24) is 0 Å². The SMILES string of the molecule is CCCCC/C=C\C/C=C\C/C=C\C/C=C\C/C=C\CCC(=O)O[C@H](COC(=O)CCCCCC/C=C\C/C=C\C/C=C\CCCCC)COC(=O)CCCCCCCCCCCCC/C=C\CCCCCCCC. The molecule has 0 aromatic rings. The standard InChI is InChI=1S/C69H116O6/c1-4-7-10-13-16-19-22-25-28-31-33-34-36-38-41-44-47-50-53-56-59-62-68(71)74-65-66(64-73-67(70)61-58-55-52-49-46-43-40-37-30-27-24-21-18-15-12-9-6-3)75-69(72)63-60-57-54-51-48-45-42-39-35-32-29-26-23-20-17-14-11-8-5-2/h17-18,20-21,25-30,35,39-40,43,45,48,54,57,66H,4-16,19,22-24,31-34,36-38,41-42,44,46-47,49-53,55-56,58-65H2,1-3H3/b20-17-,21-18-,28-25-,29-26-,30-27-,39-35-,43-40-,48-45-,57-54-/t66-/m1/s1. The van der Waals surface area contributed by atoms with Crippen molar-refractivity contribution in [2.45, 2.75) is 297 Å². The Morgan fingerprint density at radius 2 is 0.507 bits per heavy atom. The minimum Gasteiger partial charge on any atom is -0.462 e. The molecule has 0 saturated heterocycles. The molecule has 0 saturated carbocycles. The van der Waals surface area contributed by atoms with Gasteiger partial charge in [-0.15, -0.1) is 0 Å². The van der Waals surface area contributed by atoms with Crippen molar-refractivity contribution in [3.63, 3.8) is 0 Å². The van der Waals surface area contributed by atoms with E-state index in [4.69, 9.17) is 14.2 Å². The van der Waals surface area contributed by atoms with E-state index in [2.05, 4.69) is 124 Å². The lowest BCUT2D eigenvalue weighted by molar-refractivity contribution is -0.166. The van der Waals surface area contributed by atoms with E-state index in [-0.39, 0.29) is 31.6 Å². The highest BCUT2D eigenvalue weighted by Gasteiger charge is 2.19. The predicted molar refractivity (Wildman–Crippen MR) is 325 cm³/mol. The van der Waals surface area contributed by atoms with Crippen LogP contribution in [-0.2, 0) is 28.6 Å². The zero-order chi connectivity index (χ0) is 54.3. The first-order chi connectivity index (χ1) is 37.0. The number of rotatable bonds is 56. The smallest absolute Gasteiger partial charge is 0.306 e. The second-order valence-corrected chi connectivity index (χ2v) is 20.6. The molecule has 0 fully saturated rings. The lowest BCUT2D eigenvalue weighted by Crippen LogP contribution is -2.30. The van der Waals surface area contributed by atoms with Crippen molar-refractivity contribution in [1.29, 1.82) is 0 Å². The predicted octanol–water partition coefficient (Wildman–Crippen LogP) is 21.4. The molecule has 0 radical (unpaired) electrons. The van der Waals surface area contributed by atoms with Crippen molar-refractivity contribution < 1.29 is 28.6 Å². The third-order valence-electron chi connectivity index (χ3n) is 13.2. The molecule has 1 atom stereocenters. The van der Waals surface area contributed by atoms with Crippen molar-refractivity contribution in [2.75, 3.05) is 13.2 Å². The lowest BCUT2D eigenvalue weighted by Gasteiger charge is -2.18. The number of ether oxygens (including phenoxy) is 3. The van der Waals surface area contributed by atoms with Gasteiger partial charge in [0.05, 0.1) is 0 Å². The Morgan fingerprint density at radius 3 is 0.840 bits per heavy atom. The van der Waals surface area contributed by atoms with Crippen molar-refractivity contribution >= 4 is 17.9 Å². The highest BCUT2D eigenvalue weighted by atomic mass is 16.6. The van der Waals surface area contributed by atoms with Gasteiger partial charge in [0.1, 0.15) is 13.2 Å². The van der Waals surface area contributed by atoms with Crippen LogP contribution in [0.25, 0.3) is 0 Å². The molecule has 428 valence electrons. The fourth-order valence-corrected chi connectivity index (χ4v) is 8.49. The summed E-state index contributed by atoms with van der Waals surface area (Å²) in [7, 11) is 0. The Bertz CT molecular complexity index is 1520. The van der Waals surface area contributed by atoms with E-state index in [9.17, 15) is 14.4 Å². The molecule has 0 spiro atoms. The minimum absolute atomic E-state index is 0.116. The van der Waals surface area contributed by atoms with E-state index in [1.54, 1.807) is 0 Å². The Balaban J connectivity index is 4.51. The number of hydrogen-bond acceptors (Lipinski definition) is 6. The summed E-state index contributed by atoms with van der Waals surface area (Å²) in [5.74, 6) is -1.02. The van der Waals surface area contributed by atoms with Gasteiger partial charge in [-0.25, -0.2) is 0 Å². The molecule has 6 nitrogen and oxygen atoms in total. The molecule has 0 rings (SSSR count). The Hall–Kier alpha value is -3.93. The molecule has 0 aromatic carbocycles. The van der Waals surface area contributed by atoms with Crippen LogP contribution in [0.1, 0.15) is 290 Å². The second kappa shape index (κ2) is 62.6. The van der Waals surface area contributed by atoms with Gasteiger partial charge in [-0.2, -0.15) is 0 Å². The van der Waals surface area contributed by atoms with E-state index in [0.29, 0.717) is 19.3 Å². The molecule has 6 heteroatoms. The van der Waals surface area contributed by atoms with Crippen molar-refractivity contribution in [3.05, 3.63) is 109 Å². The third-order valence-corrected chi connectivity index (χ3v) is 13.2. The maximum Gasteiger partial charge on any atom is 0.306 e. The van der Waals surface area contributed by atoms with Gasteiger partial charge >= 0.3 is 17.9 Å². The van der Waals surface area contributed by atoms with Crippen LogP contribution in [-0.4, -0.2) is 37.2 Å². The van der Waals surface area contributed by atoms with Crippen molar-refractivity contribution in [2.24, 2.45) is 0 Å². The summed E-state index contributed by atoms with van der Waals surface area (Å²) in [6.07, 6.45) is 85.2. The molecule has 0 aliphatic heterocycles. The van der Waals surface area contributed by atoms with Crippen LogP contribution < -0.4 is 0 Å². The highest BCUT2D eigenvalue weighted by Crippen LogP contribution is 2.15. The second-order valence-electron chi connectivity index (χ2n) is 20.6. The Labute approximate surface area is 463 Å². The summed E-state index contributed by atoms with van der Waals surface area (Å²) < 4.78 is 16.8. The van der Waals surface area contributed by atoms with E-state index >= 15 is 0 Å². The molecule has 0 bridgehead atoms. The molecule has 0 aliphatic rings. The number of carbonyl (C=O) groups is 3. The first-order valence-corrected chi connectivity index (χ1v) is 31.4. The number of esters is 3. The average Bonchev–Trinajstić information content (AvgIpc) is 3.41. The molecule has 0 amide bonds. The largest absolute Gasteiger partial charge is 0.462 e. The minimum atomic E-state index is -0.830. The fraction of sp³-hybridized carbons (Fsp3) is 0.696. The molecule has 75 heavy (non-hydrogen) atoms. The fourth-order valence-electron chi connectivity index (χ4n) is 8.49. The van der Waals surface area contributed by atoms with Gasteiger partial charge in [-0.05, 0) is 122 Å². The first kappa shape index (κ1) is 71.1. The zero-order valence-electron chi connectivity index (χ0n) is 49.0. The van der Waals surface area contributed by atoms with Crippen LogP contribution in [0, 0.1) is 0 Å². The summed E-state index contributed by atoms with van der Waals surface area (Å²) in [5.41, 5.74) is 0. The molecule has 0 aliphatic carbocycles. The third kappa shape index (κ3) is 60.8. The molecule has 0 aromatic heterocycles. The lowest BCUT2D eigenvalue weighted by atomic mass is 10.0. The van der Waals surface area contributed by atoms with Gasteiger partial charge in [0, 0.05) is 19.3 Å². The molecular formula is C69H116O6. The maximum absolute atomic E-state index is 12.9. The normalized spacial score (nSPS) is 12.8. The number of hydrogen-bond donors (Lipinski definition) is 0. The van der Waals surface area contributed by atoms with E-state index in [1.165, 1.54) is 154 Å². The topological polar surface area (TPSA) is 78.9 Å². The first-order valence-electron chi connectivity index (χ1n) is 31.4. The van der Waals surface area contributed by atoms with Crippen LogP contribution in [0.5, 0.6) is 0 Å². The monoisotopic (exact) mass is 1040 g/mol. The summed E-state index contributed by atoms with van der Waals surface area (Å²) in [6, 6.07) is 0. The van der Waals surface area contributed by atoms with Gasteiger partial charge < -0.3 is 14.2 Å². The van der Waals surface area contributed by atoms with Crippen LogP contribution >= 0.6 is 0 Å². The van der Waals surface area contributed by atoms with Crippen LogP contribution in [0.3, 0.4) is 0 Å².